The maximum Gasteiger partial charge on any atom is 0.265 e. The summed E-state index contributed by atoms with van der Waals surface area (Å²) in [7, 11) is 3.38. The molecular weight excluding hydrogens is 286 g/mol. The number of amides is 2. The van der Waals surface area contributed by atoms with E-state index in [9.17, 15) is 9.59 Å². The average Bonchev–Trinajstić information content (AvgIpc) is 2.78. The zero-order valence-electron chi connectivity index (χ0n) is 12.4. The molecule has 0 spiro atoms. The first-order chi connectivity index (χ1) is 9.90. The molecule has 6 heteroatoms. The molecule has 5 nitrogen and oxygen atoms in total. The number of aromatic nitrogens is 1. The zero-order chi connectivity index (χ0) is 15.6. The van der Waals surface area contributed by atoms with Gasteiger partial charge in [-0.3, -0.25) is 14.9 Å². The Kier molecular flexibility index (Phi) is 4.37. The number of thiazole rings is 1. The molecule has 1 heterocycles. The van der Waals surface area contributed by atoms with Crippen molar-refractivity contribution in [3.05, 3.63) is 46.0 Å². The molecule has 0 unspecified atom stereocenters. The fourth-order valence-electron chi connectivity index (χ4n) is 1.84. The summed E-state index contributed by atoms with van der Waals surface area (Å²) in [4.78, 5) is 30.5. The van der Waals surface area contributed by atoms with Crippen LogP contribution in [-0.2, 0) is 0 Å². The smallest absolute Gasteiger partial charge is 0.265 e. The molecule has 1 aromatic carbocycles. The van der Waals surface area contributed by atoms with Gasteiger partial charge in [-0.05, 0) is 25.5 Å². The van der Waals surface area contributed by atoms with Crippen molar-refractivity contribution in [2.24, 2.45) is 0 Å². The molecule has 1 N–H and O–H groups in total. The molecule has 21 heavy (non-hydrogen) atoms. The lowest BCUT2D eigenvalue weighted by Crippen LogP contribution is -2.21. The Morgan fingerprint density at radius 2 is 1.86 bits per heavy atom. The average molecular weight is 303 g/mol. The van der Waals surface area contributed by atoms with E-state index in [1.807, 2.05) is 25.1 Å². The Morgan fingerprint density at radius 1 is 1.19 bits per heavy atom. The first-order valence-electron chi connectivity index (χ1n) is 6.46. The van der Waals surface area contributed by atoms with Crippen LogP contribution in [0.1, 0.15) is 31.3 Å². The van der Waals surface area contributed by atoms with Gasteiger partial charge in [0, 0.05) is 19.7 Å². The largest absolute Gasteiger partial charge is 0.344 e. The fourth-order valence-corrected chi connectivity index (χ4v) is 2.83. The lowest BCUT2D eigenvalue weighted by Gasteiger charge is -2.07. The van der Waals surface area contributed by atoms with Gasteiger partial charge in [0.15, 0.2) is 5.13 Å². The molecule has 0 aliphatic rings. The van der Waals surface area contributed by atoms with E-state index in [0.717, 1.165) is 5.56 Å². The number of rotatable bonds is 3. The molecule has 1 aromatic heterocycles. The predicted molar refractivity (Wildman–Crippen MR) is 84.0 cm³/mol. The monoisotopic (exact) mass is 303 g/mol. The zero-order valence-corrected chi connectivity index (χ0v) is 13.2. The molecule has 110 valence electrons. The van der Waals surface area contributed by atoms with Crippen LogP contribution in [0.15, 0.2) is 24.3 Å². The number of carbonyl (C=O) groups is 2. The first-order valence-corrected chi connectivity index (χ1v) is 7.28. The van der Waals surface area contributed by atoms with Crippen molar-refractivity contribution >= 4 is 28.3 Å². The highest BCUT2D eigenvalue weighted by Crippen LogP contribution is 2.24. The third-order valence-electron chi connectivity index (χ3n) is 3.01. The summed E-state index contributed by atoms with van der Waals surface area (Å²) >= 11 is 1.19. The van der Waals surface area contributed by atoms with Gasteiger partial charge in [0.25, 0.3) is 11.8 Å². The molecular formula is C15H17N3O2S. The van der Waals surface area contributed by atoms with E-state index < -0.39 is 0 Å². The number of anilines is 1. The van der Waals surface area contributed by atoms with Crippen LogP contribution in [0.25, 0.3) is 0 Å². The highest BCUT2D eigenvalue weighted by atomic mass is 32.1. The molecule has 0 aliphatic carbocycles. The van der Waals surface area contributed by atoms with Crippen molar-refractivity contribution < 1.29 is 9.59 Å². The van der Waals surface area contributed by atoms with Gasteiger partial charge >= 0.3 is 0 Å². The number of carbonyl (C=O) groups excluding carboxylic acids is 2. The SMILES string of the molecule is Cc1ccccc1C(=O)Nc1nc(C)c(C(=O)N(C)C)s1. The molecule has 0 bridgehead atoms. The van der Waals surface area contributed by atoms with E-state index in [0.29, 0.717) is 21.3 Å². The number of benzene rings is 1. The van der Waals surface area contributed by atoms with Crippen LogP contribution in [0.3, 0.4) is 0 Å². The van der Waals surface area contributed by atoms with Gasteiger partial charge < -0.3 is 4.90 Å². The number of nitrogens with one attached hydrogen (secondary N) is 1. The van der Waals surface area contributed by atoms with Crippen LogP contribution in [0.2, 0.25) is 0 Å². The second-order valence-corrected chi connectivity index (χ2v) is 5.90. The molecule has 0 radical (unpaired) electrons. The van der Waals surface area contributed by atoms with E-state index in [1.165, 1.54) is 16.2 Å². The Balaban J connectivity index is 2.21. The molecule has 0 fully saturated rings. The van der Waals surface area contributed by atoms with Crippen molar-refractivity contribution in [3.63, 3.8) is 0 Å². The number of aryl methyl sites for hydroxylation is 2. The lowest BCUT2D eigenvalue weighted by molar-refractivity contribution is 0.0831. The Morgan fingerprint density at radius 3 is 2.48 bits per heavy atom. The fraction of sp³-hybridized carbons (Fsp3) is 0.267. The van der Waals surface area contributed by atoms with E-state index in [2.05, 4.69) is 10.3 Å². The Bertz CT molecular complexity index is 692. The number of hydrogen-bond acceptors (Lipinski definition) is 4. The summed E-state index contributed by atoms with van der Waals surface area (Å²) in [6.07, 6.45) is 0. The highest BCUT2D eigenvalue weighted by molar-refractivity contribution is 7.17. The summed E-state index contributed by atoms with van der Waals surface area (Å²) in [6, 6.07) is 7.34. The van der Waals surface area contributed by atoms with Crippen LogP contribution in [0, 0.1) is 13.8 Å². The molecule has 0 atom stereocenters. The molecule has 0 aliphatic heterocycles. The number of hydrogen-bond donors (Lipinski definition) is 1. The van der Waals surface area contributed by atoms with Gasteiger partial charge in [-0.2, -0.15) is 0 Å². The maximum atomic E-state index is 12.2. The minimum Gasteiger partial charge on any atom is -0.344 e. The van der Waals surface area contributed by atoms with Crippen LogP contribution in [0.5, 0.6) is 0 Å². The molecule has 0 saturated heterocycles. The van der Waals surface area contributed by atoms with Crippen LogP contribution in [-0.4, -0.2) is 35.8 Å². The van der Waals surface area contributed by atoms with Gasteiger partial charge in [0.05, 0.1) is 5.69 Å². The van der Waals surface area contributed by atoms with Crippen molar-refractivity contribution in [2.75, 3.05) is 19.4 Å². The third kappa shape index (κ3) is 3.28. The standard InChI is InChI=1S/C15H17N3O2S/c1-9-7-5-6-8-11(9)13(19)17-15-16-10(2)12(21-15)14(20)18(3)4/h5-8H,1-4H3,(H,16,17,19). The number of nitrogens with zero attached hydrogens (tertiary/aromatic N) is 2. The summed E-state index contributed by atoms with van der Waals surface area (Å²) < 4.78 is 0. The van der Waals surface area contributed by atoms with Crippen molar-refractivity contribution in [3.8, 4) is 0 Å². The van der Waals surface area contributed by atoms with Crippen molar-refractivity contribution in [2.45, 2.75) is 13.8 Å². The Labute approximate surface area is 127 Å². The molecule has 2 rings (SSSR count). The van der Waals surface area contributed by atoms with Crippen molar-refractivity contribution in [1.29, 1.82) is 0 Å². The molecule has 2 amide bonds. The maximum absolute atomic E-state index is 12.2. The van der Waals surface area contributed by atoms with Gasteiger partial charge in [0.1, 0.15) is 4.88 Å². The van der Waals surface area contributed by atoms with E-state index in [1.54, 1.807) is 27.1 Å². The molecule has 2 aromatic rings. The van der Waals surface area contributed by atoms with Gasteiger partial charge in [-0.25, -0.2) is 4.98 Å². The summed E-state index contributed by atoms with van der Waals surface area (Å²) in [5.41, 5.74) is 2.12. The van der Waals surface area contributed by atoms with E-state index >= 15 is 0 Å². The van der Waals surface area contributed by atoms with Gasteiger partial charge in [-0.15, -0.1) is 0 Å². The second kappa shape index (κ2) is 6.05. The second-order valence-electron chi connectivity index (χ2n) is 4.90. The minimum atomic E-state index is -0.217. The van der Waals surface area contributed by atoms with Crippen molar-refractivity contribution in [1.82, 2.24) is 9.88 Å². The normalized spacial score (nSPS) is 10.3. The predicted octanol–water partition coefficient (Wildman–Crippen LogP) is 2.71. The van der Waals surface area contributed by atoms with Crippen LogP contribution < -0.4 is 5.32 Å². The lowest BCUT2D eigenvalue weighted by atomic mass is 10.1. The van der Waals surface area contributed by atoms with Gasteiger partial charge in [0.2, 0.25) is 0 Å². The minimum absolute atomic E-state index is 0.110. The highest BCUT2D eigenvalue weighted by Gasteiger charge is 2.18. The summed E-state index contributed by atoms with van der Waals surface area (Å²) in [5.74, 6) is -0.327. The third-order valence-corrected chi connectivity index (χ3v) is 4.07. The first kappa shape index (κ1) is 15.2. The van der Waals surface area contributed by atoms with Crippen LogP contribution in [0.4, 0.5) is 5.13 Å². The van der Waals surface area contributed by atoms with Crippen LogP contribution >= 0.6 is 11.3 Å². The van der Waals surface area contributed by atoms with E-state index in [-0.39, 0.29) is 11.8 Å². The van der Waals surface area contributed by atoms with Gasteiger partial charge in [-0.1, -0.05) is 29.5 Å². The quantitative estimate of drug-likeness (QED) is 0.948. The Hall–Kier alpha value is -2.21. The summed E-state index contributed by atoms with van der Waals surface area (Å²) in [6.45, 7) is 3.64. The topological polar surface area (TPSA) is 62.3 Å². The molecule has 0 saturated carbocycles. The van der Waals surface area contributed by atoms with E-state index in [4.69, 9.17) is 0 Å². The summed E-state index contributed by atoms with van der Waals surface area (Å²) in [5, 5.41) is 3.19.